The quantitative estimate of drug-likeness (QED) is 0.0295. The number of primary amides is 2. The summed E-state index contributed by atoms with van der Waals surface area (Å²) in [5.41, 5.74) is 24.3. The Morgan fingerprint density at radius 3 is 1.80 bits per heavy atom. The number of rotatable bonds is 56. The summed E-state index contributed by atoms with van der Waals surface area (Å²) in [4.78, 5) is 171. The predicted octanol–water partition coefficient (Wildman–Crippen LogP) is -0.447. The Bertz CT molecular complexity index is 3060. The summed E-state index contributed by atoms with van der Waals surface area (Å²) in [5.74, 6) is -8.36. The van der Waals surface area contributed by atoms with Crippen LogP contribution in [-0.2, 0) is 89.7 Å². The molecule has 0 aliphatic carbocycles. The lowest BCUT2D eigenvalue weighted by molar-refractivity contribution is -0.146. The highest BCUT2D eigenvalue weighted by Crippen LogP contribution is 2.28. The smallest absolute Gasteiger partial charge is 0.327 e. The number of carboxylic acid groups (broad SMARTS) is 1. The standard InChI is InChI=1S/C71H114N16O16S2/c1-4-6-16-54(82-62(90)22-21-61(89)79-25-12-31-101-33-35-103-36-34-102-32-13-26-80-65(93)52(41-76-27-23-72)42-77-28-24-73)66(94)81-43-53(69(97)87-30-11-18-59(87)70(98)86-29-10-17-58(86)63(75)91)46-104-44-50-37-51(40-78-39-50)45-105-47-57(71(99)100)85-68(96)56(38-49-14-8-7-9-15-49)84-67(95)55(19-20-60(74)88)83-64(92)48(3)5-2/h7-9,14-15,37,39-40,43,48,52-59,76-77H,4-6,10-13,16-36,38,41-42,44-47,72-73H2,1-3H3,(H2,74,88)(H2,75,91)(H,79,89)(H,80,93)(H,82,90)(H,83,92)(H,84,95)(H,85,96)(H,99,100)/t48-,53?,54-,55-,56-,57?,58-,59-/m0/s1. The van der Waals surface area contributed by atoms with Crippen LogP contribution in [0.4, 0.5) is 0 Å². The number of unbranched alkanes of at least 4 members (excludes halogenated alkanes) is 1. The number of aliphatic carboxylic acids is 1. The van der Waals surface area contributed by atoms with Crippen LogP contribution in [0.15, 0.2) is 53.8 Å². The Labute approximate surface area is 624 Å². The van der Waals surface area contributed by atoms with E-state index in [-0.39, 0.29) is 86.0 Å². The van der Waals surface area contributed by atoms with Gasteiger partial charge < -0.3 is 94.6 Å². The minimum atomic E-state index is -1.41. The molecule has 1 aromatic heterocycles. The number of nitrogens with two attached hydrogens (primary N) is 4. The van der Waals surface area contributed by atoms with Crippen molar-refractivity contribution in [3.8, 4) is 0 Å². The van der Waals surface area contributed by atoms with Crippen molar-refractivity contribution in [3.05, 3.63) is 65.5 Å². The molecule has 3 heterocycles. The average Bonchev–Trinajstić information content (AvgIpc) is 1.69. The van der Waals surface area contributed by atoms with Crippen molar-refractivity contribution in [2.75, 3.05) is 117 Å². The van der Waals surface area contributed by atoms with Crippen LogP contribution in [0, 0.1) is 17.8 Å². The van der Waals surface area contributed by atoms with Crippen molar-refractivity contribution in [1.29, 1.82) is 0 Å². The molecular formula is C71H114N16O16S2. The number of thioether (sulfide) groups is 2. The molecule has 11 amide bonds. The van der Waals surface area contributed by atoms with Crippen molar-refractivity contribution in [2.45, 2.75) is 165 Å². The molecule has 17 N–H and O–H groups in total. The Hall–Kier alpha value is -7.70. The zero-order valence-electron chi connectivity index (χ0n) is 61.1. The van der Waals surface area contributed by atoms with E-state index in [1.807, 2.05) is 13.0 Å². The fourth-order valence-electron chi connectivity index (χ4n) is 11.3. The molecule has 32 nitrogen and oxygen atoms in total. The van der Waals surface area contributed by atoms with Crippen LogP contribution < -0.4 is 65.5 Å². The first-order chi connectivity index (χ1) is 50.6. The summed E-state index contributed by atoms with van der Waals surface area (Å²) in [6.45, 7) is 12.2. The molecule has 8 atom stereocenters. The fraction of sp³-hybridized carbons (Fsp3) is 0.662. The third kappa shape index (κ3) is 35.5. The van der Waals surface area contributed by atoms with E-state index < -0.39 is 101 Å². The largest absolute Gasteiger partial charge is 0.480 e. The number of nitrogens with one attached hydrogen (secondary N) is 8. The van der Waals surface area contributed by atoms with Gasteiger partial charge in [-0.2, -0.15) is 23.5 Å². The lowest BCUT2D eigenvalue weighted by atomic mass is 10.0. The SMILES string of the molecule is CCCC[C@H](NC(=O)CCC(=O)NCCCOCCOCCOCCCNC(=O)C(CNCCN)CNCCN)C(=O)N=CC(CSCc1cncc(CSCC(NC(=O)[C@H](Cc2ccccc2)NC(=O)[C@H](CCC(N)=O)NC(=O)[C@@H](C)CC)C(=O)O)c1)C(=O)N1CCC[C@H]1C(=O)N1CCC[C@H]1C(N)=O. The molecule has 2 fully saturated rings. The van der Waals surface area contributed by atoms with E-state index in [0.717, 1.165) is 5.56 Å². The van der Waals surface area contributed by atoms with E-state index in [4.69, 9.17) is 37.1 Å². The summed E-state index contributed by atoms with van der Waals surface area (Å²) < 4.78 is 16.8. The summed E-state index contributed by atoms with van der Waals surface area (Å²) in [6, 6.07) is 3.93. The maximum atomic E-state index is 14.7. The van der Waals surface area contributed by atoms with Gasteiger partial charge in [0.2, 0.25) is 59.1 Å². The zero-order chi connectivity index (χ0) is 76.7. The Morgan fingerprint density at radius 2 is 1.20 bits per heavy atom. The molecule has 2 unspecified atom stereocenters. The van der Waals surface area contributed by atoms with Crippen molar-refractivity contribution >= 4 is 101 Å². The number of hydrogen-bond acceptors (Lipinski definition) is 22. The summed E-state index contributed by atoms with van der Waals surface area (Å²) in [5, 5.41) is 33.0. The fourth-order valence-corrected chi connectivity index (χ4v) is 13.3. The van der Waals surface area contributed by atoms with E-state index in [9.17, 15) is 62.6 Å². The van der Waals surface area contributed by atoms with Gasteiger partial charge in [-0.15, -0.1) is 0 Å². The number of hydrogen-bond donors (Lipinski definition) is 13. The van der Waals surface area contributed by atoms with Crippen molar-refractivity contribution in [2.24, 2.45) is 45.7 Å². The first kappa shape index (κ1) is 89.7. The lowest BCUT2D eigenvalue weighted by Gasteiger charge is -2.31. The van der Waals surface area contributed by atoms with Gasteiger partial charge in [0.15, 0.2) is 0 Å². The molecule has 4 rings (SSSR count). The van der Waals surface area contributed by atoms with Crippen LogP contribution in [0.2, 0.25) is 0 Å². The van der Waals surface area contributed by atoms with Crippen LogP contribution in [0.1, 0.15) is 127 Å². The van der Waals surface area contributed by atoms with Crippen LogP contribution in [0.3, 0.4) is 0 Å². The predicted molar refractivity (Wildman–Crippen MR) is 399 cm³/mol. The maximum absolute atomic E-state index is 14.7. The van der Waals surface area contributed by atoms with Crippen LogP contribution in [-0.4, -0.2) is 250 Å². The van der Waals surface area contributed by atoms with Crippen molar-refractivity contribution in [1.82, 2.24) is 57.3 Å². The minimum absolute atomic E-state index is 0.0328. The number of aromatic nitrogens is 1. The molecule has 1 aromatic carbocycles. The first-order valence-corrected chi connectivity index (χ1v) is 38.8. The van der Waals surface area contributed by atoms with Crippen molar-refractivity contribution < 1.29 is 76.9 Å². The van der Waals surface area contributed by atoms with Gasteiger partial charge in [-0.1, -0.05) is 70.0 Å². The second-order valence-corrected chi connectivity index (χ2v) is 28.0. The Kier molecular flexibility index (Phi) is 44.7. The van der Waals surface area contributed by atoms with Gasteiger partial charge >= 0.3 is 5.97 Å². The summed E-state index contributed by atoms with van der Waals surface area (Å²) in [7, 11) is 0. The normalized spacial score (nSPS) is 16.0. The first-order valence-electron chi connectivity index (χ1n) is 36.5. The number of ether oxygens (including phenoxy) is 3. The third-order valence-electron chi connectivity index (χ3n) is 17.4. The molecule has 2 aliphatic rings. The van der Waals surface area contributed by atoms with Crippen LogP contribution in [0.25, 0.3) is 0 Å². The van der Waals surface area contributed by atoms with Crippen molar-refractivity contribution in [3.63, 3.8) is 0 Å². The van der Waals surface area contributed by atoms with E-state index >= 15 is 0 Å². The summed E-state index contributed by atoms with van der Waals surface area (Å²) >= 11 is 2.54. The molecule has 586 valence electrons. The van der Waals surface area contributed by atoms with E-state index in [0.29, 0.717) is 173 Å². The van der Waals surface area contributed by atoms with E-state index in [1.165, 1.54) is 39.5 Å². The molecule has 0 saturated carbocycles. The number of likely N-dealkylation sites (tertiary alicyclic amines) is 2. The number of benzene rings is 1. The molecule has 0 bridgehead atoms. The van der Waals surface area contributed by atoms with Gasteiger partial charge in [0, 0.05) is 152 Å². The number of carbonyl (C=O) groups excluding carboxylic acids is 11. The third-order valence-corrected chi connectivity index (χ3v) is 19.6. The van der Waals surface area contributed by atoms with E-state index in [2.05, 4.69) is 52.5 Å². The topological polar surface area (TPSA) is 485 Å². The second-order valence-electron chi connectivity index (χ2n) is 25.9. The highest BCUT2D eigenvalue weighted by atomic mass is 32.2. The van der Waals surface area contributed by atoms with Gasteiger partial charge in [-0.05, 0) is 74.5 Å². The molecule has 2 saturated heterocycles. The second kappa shape index (κ2) is 52.3. The Balaban J connectivity index is 1.30. The monoisotopic (exact) mass is 1510 g/mol. The number of carboxylic acids is 1. The number of carbonyl (C=O) groups is 12. The maximum Gasteiger partial charge on any atom is 0.327 e. The van der Waals surface area contributed by atoms with Gasteiger partial charge in [0.25, 0.3) is 5.91 Å². The molecule has 0 spiro atoms. The van der Waals surface area contributed by atoms with E-state index in [1.54, 1.807) is 56.6 Å². The highest BCUT2D eigenvalue weighted by molar-refractivity contribution is 7.98. The van der Waals surface area contributed by atoms with Gasteiger partial charge in [-0.25, -0.2) is 9.79 Å². The number of amides is 11. The minimum Gasteiger partial charge on any atom is -0.480 e. The number of aliphatic imine (C=N–C) groups is 1. The number of pyridine rings is 1. The molecule has 105 heavy (non-hydrogen) atoms. The van der Waals surface area contributed by atoms with Gasteiger partial charge in [0.1, 0.15) is 36.3 Å². The van der Waals surface area contributed by atoms with Gasteiger partial charge in [0.05, 0.1) is 38.3 Å². The van der Waals surface area contributed by atoms with Crippen LogP contribution in [0.5, 0.6) is 0 Å². The lowest BCUT2D eigenvalue weighted by Crippen LogP contribution is -2.57. The Morgan fingerprint density at radius 1 is 0.629 bits per heavy atom. The highest BCUT2D eigenvalue weighted by Gasteiger charge is 2.43. The van der Waals surface area contributed by atoms with Gasteiger partial charge in [-0.3, -0.25) is 57.7 Å². The molecule has 0 radical (unpaired) electrons. The summed E-state index contributed by atoms with van der Waals surface area (Å²) in [6.07, 6.45) is 8.67. The average molecular weight is 1510 g/mol. The molecular weight excluding hydrogens is 1400 g/mol. The zero-order valence-corrected chi connectivity index (χ0v) is 62.8. The molecule has 34 heteroatoms. The molecule has 2 aliphatic heterocycles. The molecule has 2 aromatic rings. The number of nitrogens with zero attached hydrogens (tertiary/aromatic N) is 4. The van der Waals surface area contributed by atoms with Crippen LogP contribution >= 0.6 is 23.5 Å².